The molecule has 11 nitrogen and oxygen atoms in total. The number of aliphatic hydroxyl groups is 1. The van der Waals surface area contributed by atoms with Crippen molar-refractivity contribution in [2.75, 3.05) is 37.5 Å². The summed E-state index contributed by atoms with van der Waals surface area (Å²) in [6, 6.07) is 6.92. The number of amides is 1. The fourth-order valence-corrected chi connectivity index (χ4v) is 6.31. The van der Waals surface area contributed by atoms with Crippen molar-refractivity contribution in [2.45, 2.75) is 43.9 Å². The van der Waals surface area contributed by atoms with E-state index < -0.39 is 23.3 Å². The average molecular weight is 593 g/mol. The highest BCUT2D eigenvalue weighted by molar-refractivity contribution is 5.74. The minimum atomic E-state index is -1.19. The summed E-state index contributed by atoms with van der Waals surface area (Å²) in [6.45, 7) is 3.13. The number of benzene rings is 1. The van der Waals surface area contributed by atoms with E-state index >= 15 is 8.78 Å². The predicted molar refractivity (Wildman–Crippen MR) is 157 cm³/mol. The molecule has 1 aliphatic carbocycles. The average Bonchev–Trinajstić information content (AvgIpc) is 3.36. The molecular weight excluding hydrogens is 558 g/mol. The fourth-order valence-electron chi connectivity index (χ4n) is 6.31. The highest BCUT2D eigenvalue weighted by Gasteiger charge is 2.39. The topological polar surface area (TPSA) is 134 Å². The van der Waals surface area contributed by atoms with E-state index in [2.05, 4.69) is 25.3 Å². The molecule has 226 valence electrons. The lowest BCUT2D eigenvalue weighted by Gasteiger charge is -2.45. The van der Waals surface area contributed by atoms with Gasteiger partial charge in [0, 0.05) is 32.4 Å². The molecule has 3 aromatic heterocycles. The van der Waals surface area contributed by atoms with Gasteiger partial charge in [0.1, 0.15) is 11.6 Å². The zero-order chi connectivity index (χ0) is 30.5. The summed E-state index contributed by atoms with van der Waals surface area (Å²) in [5, 5.41) is 18.4. The molecule has 1 saturated heterocycles. The lowest BCUT2D eigenvalue weighted by molar-refractivity contribution is -0.0392. The summed E-state index contributed by atoms with van der Waals surface area (Å²) in [4.78, 5) is 24.6. The van der Waals surface area contributed by atoms with Crippen LogP contribution in [0.15, 0.2) is 48.9 Å². The van der Waals surface area contributed by atoms with Gasteiger partial charge in [-0.15, -0.1) is 0 Å². The Morgan fingerprint density at radius 3 is 2.58 bits per heavy atom. The van der Waals surface area contributed by atoms with Crippen LogP contribution in [0.2, 0.25) is 0 Å². The van der Waals surface area contributed by atoms with Crippen LogP contribution < -0.4 is 16.0 Å². The number of hydrogen-bond donors (Lipinski definition) is 3. The first-order valence-corrected chi connectivity index (χ1v) is 14.2. The number of anilines is 3. The molecule has 43 heavy (non-hydrogen) atoms. The number of hydrogen-bond acceptors (Lipinski definition) is 9. The molecule has 0 spiro atoms. The molecular formula is C30H34F2N8O3. The Morgan fingerprint density at radius 1 is 1.19 bits per heavy atom. The molecule has 3 atom stereocenters. The van der Waals surface area contributed by atoms with Gasteiger partial charge in [0.25, 0.3) is 0 Å². The van der Waals surface area contributed by atoms with Crippen molar-refractivity contribution in [1.29, 1.82) is 0 Å². The van der Waals surface area contributed by atoms with Crippen molar-refractivity contribution in [3.8, 4) is 11.3 Å². The van der Waals surface area contributed by atoms with Gasteiger partial charge in [0.05, 0.1) is 59.3 Å². The molecule has 0 bridgehead atoms. The smallest absolute Gasteiger partial charge is 0.409 e. The van der Waals surface area contributed by atoms with Crippen LogP contribution in [0.4, 0.5) is 30.9 Å². The standard InChI is InChI=1S/C30H34F2N8O3/c1-17-15-39(16-22(33)27(17)38(2)29(41)43-3)25-7-10-34-14-24(25)36-28-35-13-19-5-6-23(37-40(19)28)26-20(31)11-18(12-21(26)32)30(42)8-4-9-30/h5-7,10-14,17,22,27,42H,4,8-9,15-16,33H2,1-3H3,(H,35,36)/t17-,22+,27-/m0/s1. The van der Waals surface area contributed by atoms with E-state index in [-0.39, 0.29) is 34.8 Å². The number of carbonyl (C=O) groups excluding carboxylic acids is 1. The molecule has 4 aromatic rings. The van der Waals surface area contributed by atoms with Crippen LogP contribution >= 0.6 is 0 Å². The van der Waals surface area contributed by atoms with Gasteiger partial charge < -0.3 is 30.7 Å². The summed E-state index contributed by atoms with van der Waals surface area (Å²) in [6.07, 6.45) is 6.27. The zero-order valence-corrected chi connectivity index (χ0v) is 24.2. The van der Waals surface area contributed by atoms with E-state index in [0.717, 1.165) is 12.1 Å². The van der Waals surface area contributed by atoms with Crippen molar-refractivity contribution >= 4 is 28.9 Å². The van der Waals surface area contributed by atoms with Crippen molar-refractivity contribution in [3.05, 3.63) is 66.1 Å². The second-order valence-corrected chi connectivity index (χ2v) is 11.5. The predicted octanol–water partition coefficient (Wildman–Crippen LogP) is 4.03. The number of rotatable bonds is 6. The molecule has 0 unspecified atom stereocenters. The zero-order valence-electron chi connectivity index (χ0n) is 24.2. The van der Waals surface area contributed by atoms with Crippen molar-refractivity contribution in [2.24, 2.45) is 11.7 Å². The molecule has 4 heterocycles. The number of halogens is 2. The van der Waals surface area contributed by atoms with Crippen LogP contribution in [-0.2, 0) is 10.3 Å². The number of pyridine rings is 1. The van der Waals surface area contributed by atoms with Gasteiger partial charge in [-0.05, 0) is 61.1 Å². The molecule has 4 N–H and O–H groups in total. The Bertz CT molecular complexity index is 1640. The Hall–Kier alpha value is -4.36. The molecule has 6 rings (SSSR count). The number of nitrogens with one attached hydrogen (secondary N) is 1. The lowest BCUT2D eigenvalue weighted by Crippen LogP contribution is -2.62. The highest BCUT2D eigenvalue weighted by atomic mass is 19.1. The van der Waals surface area contributed by atoms with E-state index in [0.29, 0.717) is 43.1 Å². The Kier molecular flexibility index (Phi) is 7.38. The summed E-state index contributed by atoms with van der Waals surface area (Å²) >= 11 is 0. The summed E-state index contributed by atoms with van der Waals surface area (Å²) in [5.74, 6) is -1.23. The van der Waals surface area contributed by atoms with Crippen molar-refractivity contribution in [1.82, 2.24) is 24.5 Å². The number of ether oxygens (including phenoxy) is 1. The van der Waals surface area contributed by atoms with E-state index in [9.17, 15) is 9.90 Å². The molecule has 2 fully saturated rings. The summed E-state index contributed by atoms with van der Waals surface area (Å²) in [5.41, 5.74) is 7.49. The van der Waals surface area contributed by atoms with Crippen LogP contribution in [0.5, 0.6) is 0 Å². The molecule has 1 aliphatic heterocycles. The number of methoxy groups -OCH3 is 1. The first kappa shape index (κ1) is 28.7. The van der Waals surface area contributed by atoms with E-state index in [1.165, 1.54) is 29.8 Å². The SMILES string of the molecule is COC(=O)N(C)[C@@H]1[C@H](N)CN(c2ccncc2Nc2ncc3ccc(-c4c(F)cc(C5(O)CCC5)cc4F)nn23)C[C@@H]1C. The van der Waals surface area contributed by atoms with E-state index in [1.807, 2.05) is 13.0 Å². The monoisotopic (exact) mass is 592 g/mol. The second kappa shape index (κ2) is 11.0. The van der Waals surface area contributed by atoms with Crippen LogP contribution in [-0.4, -0.2) is 75.0 Å². The fraction of sp³-hybridized carbons (Fsp3) is 0.400. The molecule has 1 saturated carbocycles. The largest absolute Gasteiger partial charge is 0.453 e. The number of nitrogens with two attached hydrogens (primary N) is 1. The van der Waals surface area contributed by atoms with Gasteiger partial charge in [-0.1, -0.05) is 6.92 Å². The molecule has 0 radical (unpaired) electrons. The van der Waals surface area contributed by atoms with Gasteiger partial charge in [-0.2, -0.15) is 9.61 Å². The third-order valence-electron chi connectivity index (χ3n) is 8.66. The summed E-state index contributed by atoms with van der Waals surface area (Å²) < 4.78 is 36.9. The van der Waals surface area contributed by atoms with Gasteiger partial charge in [0.15, 0.2) is 0 Å². The Balaban J connectivity index is 1.28. The summed E-state index contributed by atoms with van der Waals surface area (Å²) in [7, 11) is 3.04. The third-order valence-corrected chi connectivity index (χ3v) is 8.66. The highest BCUT2D eigenvalue weighted by Crippen LogP contribution is 2.42. The van der Waals surface area contributed by atoms with Crippen LogP contribution in [0.25, 0.3) is 16.8 Å². The van der Waals surface area contributed by atoms with Gasteiger partial charge >= 0.3 is 6.09 Å². The molecule has 1 aromatic carbocycles. The van der Waals surface area contributed by atoms with Gasteiger partial charge in [-0.3, -0.25) is 4.98 Å². The number of carbonyl (C=O) groups is 1. The maximum atomic E-state index is 15.2. The van der Waals surface area contributed by atoms with Gasteiger partial charge in [-0.25, -0.2) is 18.6 Å². The maximum Gasteiger partial charge on any atom is 0.409 e. The minimum Gasteiger partial charge on any atom is -0.453 e. The first-order chi connectivity index (χ1) is 20.6. The second-order valence-electron chi connectivity index (χ2n) is 11.5. The maximum absolute atomic E-state index is 15.2. The number of piperidine rings is 1. The van der Waals surface area contributed by atoms with Crippen LogP contribution in [0.3, 0.4) is 0 Å². The van der Waals surface area contributed by atoms with Crippen molar-refractivity contribution in [3.63, 3.8) is 0 Å². The van der Waals surface area contributed by atoms with Gasteiger partial charge in [0.2, 0.25) is 5.95 Å². The van der Waals surface area contributed by atoms with E-state index in [4.69, 9.17) is 10.5 Å². The number of likely N-dealkylation sites (N-methyl/N-ethyl adjacent to an activating group) is 1. The Labute approximate surface area is 247 Å². The number of aromatic nitrogens is 4. The number of nitrogens with zero attached hydrogens (tertiary/aromatic N) is 6. The van der Waals surface area contributed by atoms with Crippen LogP contribution in [0, 0.1) is 17.6 Å². The quantitative estimate of drug-likeness (QED) is 0.303. The minimum absolute atomic E-state index is 0.0338. The lowest BCUT2D eigenvalue weighted by atomic mass is 9.75. The number of fused-ring (bicyclic) bond motifs is 1. The molecule has 2 aliphatic rings. The normalized spacial score (nSPS) is 21.4. The third kappa shape index (κ3) is 5.12. The molecule has 1 amide bonds. The van der Waals surface area contributed by atoms with Crippen LogP contribution in [0.1, 0.15) is 31.7 Å². The number of imidazole rings is 1. The Morgan fingerprint density at radius 2 is 1.93 bits per heavy atom. The van der Waals surface area contributed by atoms with Crippen molar-refractivity contribution < 1.29 is 23.4 Å². The van der Waals surface area contributed by atoms with E-state index in [1.54, 1.807) is 36.6 Å². The first-order valence-electron chi connectivity index (χ1n) is 14.2. The molecule has 13 heteroatoms.